The van der Waals surface area contributed by atoms with Gasteiger partial charge in [-0.05, 0) is 30.3 Å². The number of hydrogen-bond donors (Lipinski definition) is 2. The molecule has 0 aliphatic heterocycles. The first-order chi connectivity index (χ1) is 11.5. The van der Waals surface area contributed by atoms with Gasteiger partial charge in [-0.25, -0.2) is 4.98 Å². The third-order valence-corrected chi connectivity index (χ3v) is 5.41. The van der Waals surface area contributed by atoms with E-state index in [1.807, 2.05) is 24.3 Å². The molecule has 3 rings (SSSR count). The zero-order valence-electron chi connectivity index (χ0n) is 12.8. The molecule has 1 amide bonds. The minimum absolute atomic E-state index is 0.0689. The molecule has 0 aliphatic carbocycles. The first-order valence-electron chi connectivity index (χ1n) is 7.15. The van der Waals surface area contributed by atoms with E-state index in [-0.39, 0.29) is 28.9 Å². The average molecular weight is 358 g/mol. The minimum Gasteiger partial charge on any atom is -0.506 e. The summed E-state index contributed by atoms with van der Waals surface area (Å²) < 4.78 is 1.93. The molecule has 2 N–H and O–H groups in total. The third-order valence-electron chi connectivity index (χ3n) is 3.23. The monoisotopic (exact) mass is 358 g/mol. The lowest BCUT2D eigenvalue weighted by atomic mass is 10.1. The molecule has 0 saturated heterocycles. The van der Waals surface area contributed by atoms with Gasteiger partial charge in [-0.15, -0.1) is 11.3 Å². The number of phenols is 1. The van der Waals surface area contributed by atoms with Crippen LogP contribution < -0.4 is 5.32 Å². The maximum Gasteiger partial charge on any atom is 0.221 e. The van der Waals surface area contributed by atoms with Gasteiger partial charge in [0.05, 0.1) is 21.7 Å². The van der Waals surface area contributed by atoms with Gasteiger partial charge in [-0.2, -0.15) is 0 Å². The lowest BCUT2D eigenvalue weighted by Crippen LogP contribution is -2.08. The van der Waals surface area contributed by atoms with Crippen molar-refractivity contribution in [2.45, 2.75) is 11.3 Å². The van der Waals surface area contributed by atoms with Crippen LogP contribution in [0.2, 0.25) is 0 Å². The summed E-state index contributed by atoms with van der Waals surface area (Å²) in [5, 5.41) is 12.2. The Bertz CT molecular complexity index is 888. The van der Waals surface area contributed by atoms with E-state index in [2.05, 4.69) is 10.3 Å². The quantitative estimate of drug-likeness (QED) is 0.410. The molecule has 24 heavy (non-hydrogen) atoms. The van der Waals surface area contributed by atoms with Gasteiger partial charge in [0.1, 0.15) is 5.75 Å². The van der Waals surface area contributed by atoms with E-state index >= 15 is 0 Å². The molecule has 0 atom stereocenters. The predicted molar refractivity (Wildman–Crippen MR) is 97.1 cm³/mol. The molecule has 122 valence electrons. The molecule has 0 unspecified atom stereocenters. The van der Waals surface area contributed by atoms with Gasteiger partial charge in [0.2, 0.25) is 5.91 Å². The molecule has 7 heteroatoms. The fraction of sp³-hybridized carbons (Fsp3) is 0.118. The number of hydrogen-bond acceptors (Lipinski definition) is 6. The number of thioether (sulfide) groups is 1. The van der Waals surface area contributed by atoms with Crippen molar-refractivity contribution in [1.29, 1.82) is 0 Å². The van der Waals surface area contributed by atoms with Crippen molar-refractivity contribution >= 4 is 50.7 Å². The second-order valence-electron chi connectivity index (χ2n) is 5.07. The highest BCUT2D eigenvalue weighted by molar-refractivity contribution is 8.01. The van der Waals surface area contributed by atoms with E-state index in [0.29, 0.717) is 5.56 Å². The van der Waals surface area contributed by atoms with Crippen molar-refractivity contribution in [2.75, 3.05) is 11.1 Å². The van der Waals surface area contributed by atoms with E-state index in [0.717, 1.165) is 14.6 Å². The Morgan fingerprint density at radius 1 is 1.25 bits per heavy atom. The number of anilines is 1. The van der Waals surface area contributed by atoms with Gasteiger partial charge in [0, 0.05) is 12.5 Å². The van der Waals surface area contributed by atoms with Gasteiger partial charge in [0.25, 0.3) is 0 Å². The summed E-state index contributed by atoms with van der Waals surface area (Å²) in [4.78, 5) is 28.0. The summed E-state index contributed by atoms with van der Waals surface area (Å²) in [6, 6.07) is 12.3. The number of nitrogens with one attached hydrogen (secondary N) is 1. The van der Waals surface area contributed by atoms with Gasteiger partial charge < -0.3 is 10.4 Å². The Labute approximate surface area is 146 Å². The molecule has 5 nitrogen and oxygen atoms in total. The number of ketones is 1. The minimum atomic E-state index is -0.307. The predicted octanol–water partition coefficient (Wildman–Crippen LogP) is 3.94. The first-order valence-corrected chi connectivity index (χ1v) is 8.95. The lowest BCUT2D eigenvalue weighted by Gasteiger charge is -2.07. The van der Waals surface area contributed by atoms with Crippen LogP contribution in [0.15, 0.2) is 46.8 Å². The summed E-state index contributed by atoms with van der Waals surface area (Å²) >= 11 is 2.93. The van der Waals surface area contributed by atoms with Crippen LogP contribution in [0.5, 0.6) is 5.75 Å². The second kappa shape index (κ2) is 7.02. The highest BCUT2D eigenvalue weighted by atomic mass is 32.2. The fourth-order valence-electron chi connectivity index (χ4n) is 2.12. The van der Waals surface area contributed by atoms with E-state index in [1.54, 1.807) is 17.4 Å². The molecule has 0 fully saturated rings. The number of carbonyl (C=O) groups is 2. The van der Waals surface area contributed by atoms with Crippen molar-refractivity contribution in [3.8, 4) is 5.75 Å². The van der Waals surface area contributed by atoms with Gasteiger partial charge >= 0.3 is 0 Å². The number of thiazole rings is 1. The maximum absolute atomic E-state index is 12.3. The number of fused-ring (bicyclic) bond motifs is 1. The Kier molecular flexibility index (Phi) is 4.82. The van der Waals surface area contributed by atoms with Gasteiger partial charge in [-0.1, -0.05) is 23.9 Å². The van der Waals surface area contributed by atoms with Gasteiger partial charge in [0.15, 0.2) is 10.1 Å². The van der Waals surface area contributed by atoms with Crippen LogP contribution in [0.25, 0.3) is 10.2 Å². The van der Waals surface area contributed by atoms with Crippen LogP contribution >= 0.6 is 23.1 Å². The van der Waals surface area contributed by atoms with Crippen LogP contribution in [-0.4, -0.2) is 27.5 Å². The number of Topliss-reactive ketones (excluding diaryl/α,β-unsaturated/α-hetero) is 1. The van der Waals surface area contributed by atoms with Crippen LogP contribution in [-0.2, 0) is 4.79 Å². The molecule has 2 aromatic carbocycles. The van der Waals surface area contributed by atoms with Crippen molar-refractivity contribution in [3.63, 3.8) is 0 Å². The van der Waals surface area contributed by atoms with Crippen molar-refractivity contribution < 1.29 is 14.7 Å². The smallest absolute Gasteiger partial charge is 0.221 e. The zero-order valence-corrected chi connectivity index (χ0v) is 14.4. The molecule has 0 bridgehead atoms. The van der Waals surface area contributed by atoms with E-state index in [9.17, 15) is 14.7 Å². The average Bonchev–Trinajstić information content (AvgIpc) is 2.97. The Morgan fingerprint density at radius 2 is 2.04 bits per heavy atom. The molecular weight excluding hydrogens is 344 g/mol. The molecule has 0 spiro atoms. The largest absolute Gasteiger partial charge is 0.506 e. The van der Waals surface area contributed by atoms with Crippen molar-refractivity contribution in [2.24, 2.45) is 0 Å². The van der Waals surface area contributed by atoms with Crippen LogP contribution in [0.3, 0.4) is 0 Å². The Balaban J connectivity index is 1.71. The molecule has 1 aromatic heterocycles. The highest BCUT2D eigenvalue weighted by Crippen LogP contribution is 2.30. The molecule has 0 radical (unpaired) electrons. The number of amides is 1. The van der Waals surface area contributed by atoms with E-state index < -0.39 is 0 Å². The summed E-state index contributed by atoms with van der Waals surface area (Å²) in [6.07, 6.45) is 0. The molecule has 3 aromatic rings. The number of phenolic OH excluding ortho intramolecular Hbond substituents is 1. The Hall–Kier alpha value is -2.38. The van der Waals surface area contributed by atoms with Crippen LogP contribution in [0.1, 0.15) is 17.3 Å². The normalized spacial score (nSPS) is 10.7. The zero-order chi connectivity index (χ0) is 17.1. The molecule has 0 aliphatic rings. The number of aromatic nitrogens is 1. The standard InChI is InChI=1S/C17H14N2O3S2/c1-10(20)18-13-8-11(6-7-14(13)21)15(22)9-23-17-19-12-4-2-3-5-16(12)24-17/h2-8,21H,9H2,1H3,(H,18,20). The van der Waals surface area contributed by atoms with Crippen LogP contribution in [0, 0.1) is 0 Å². The number of benzene rings is 2. The van der Waals surface area contributed by atoms with Crippen molar-refractivity contribution in [1.82, 2.24) is 4.98 Å². The van der Waals surface area contributed by atoms with Crippen molar-refractivity contribution in [3.05, 3.63) is 48.0 Å². The summed E-state index contributed by atoms with van der Waals surface area (Å²) in [5.41, 5.74) is 1.60. The topological polar surface area (TPSA) is 79.3 Å². The summed E-state index contributed by atoms with van der Waals surface area (Å²) in [7, 11) is 0. The lowest BCUT2D eigenvalue weighted by molar-refractivity contribution is -0.114. The second-order valence-corrected chi connectivity index (χ2v) is 7.33. The molecular formula is C17H14N2O3S2. The number of rotatable bonds is 5. The number of para-hydroxylation sites is 1. The highest BCUT2D eigenvalue weighted by Gasteiger charge is 2.12. The van der Waals surface area contributed by atoms with E-state index in [4.69, 9.17) is 0 Å². The molecule has 1 heterocycles. The first kappa shape index (κ1) is 16.5. The maximum atomic E-state index is 12.3. The summed E-state index contributed by atoms with van der Waals surface area (Å²) in [5.74, 6) is -0.227. The van der Waals surface area contributed by atoms with Gasteiger partial charge in [-0.3, -0.25) is 9.59 Å². The SMILES string of the molecule is CC(=O)Nc1cc(C(=O)CSc2nc3ccccc3s2)ccc1O. The number of aromatic hydroxyl groups is 1. The fourth-order valence-corrected chi connectivity index (χ4v) is 4.09. The van der Waals surface area contributed by atoms with E-state index in [1.165, 1.54) is 30.8 Å². The van der Waals surface area contributed by atoms with Crippen LogP contribution in [0.4, 0.5) is 5.69 Å². The third kappa shape index (κ3) is 3.74. The molecule has 0 saturated carbocycles. The number of nitrogens with zero attached hydrogens (tertiary/aromatic N) is 1. The summed E-state index contributed by atoms with van der Waals surface area (Å²) in [6.45, 7) is 1.34. The Morgan fingerprint density at radius 3 is 2.79 bits per heavy atom. The number of carbonyl (C=O) groups excluding carboxylic acids is 2.